The lowest BCUT2D eigenvalue weighted by atomic mass is 10.1. The first-order chi connectivity index (χ1) is 17.0. The molecule has 35 heavy (non-hydrogen) atoms. The molecule has 9 heteroatoms. The molecule has 1 aliphatic rings. The molecule has 0 saturated heterocycles. The first kappa shape index (κ1) is 23.6. The summed E-state index contributed by atoms with van der Waals surface area (Å²) < 4.78 is 7.72. The molecule has 0 aliphatic carbocycles. The molecule has 1 aliphatic heterocycles. The molecule has 2 aromatic carbocycles. The van der Waals surface area contributed by atoms with E-state index >= 15 is 0 Å². The van der Waals surface area contributed by atoms with Crippen LogP contribution in [0.2, 0.25) is 0 Å². The number of amides is 1. The number of carbonyl (C=O) groups excluding carboxylic acids is 2. The fourth-order valence-corrected chi connectivity index (χ4v) is 4.00. The maximum Gasteiger partial charge on any atom is 0.224 e. The molecule has 0 radical (unpaired) electrons. The molecule has 0 unspecified atom stereocenters. The van der Waals surface area contributed by atoms with Gasteiger partial charge in [-0.3, -0.25) is 9.59 Å². The number of aromatic nitrogens is 2. The van der Waals surface area contributed by atoms with Crippen molar-refractivity contribution in [1.29, 1.82) is 5.26 Å². The summed E-state index contributed by atoms with van der Waals surface area (Å²) in [7, 11) is 3.64. The summed E-state index contributed by atoms with van der Waals surface area (Å²) in [4.78, 5) is 33.2. The average molecular weight is 471 g/mol. The maximum atomic E-state index is 12.9. The number of hydrogen-bond donors (Lipinski definition) is 1. The second-order valence-electron chi connectivity index (χ2n) is 8.03. The van der Waals surface area contributed by atoms with Crippen LogP contribution in [0.4, 0.5) is 17.1 Å². The van der Waals surface area contributed by atoms with Gasteiger partial charge < -0.3 is 24.4 Å². The third kappa shape index (κ3) is 5.17. The van der Waals surface area contributed by atoms with Gasteiger partial charge in [0, 0.05) is 39.3 Å². The minimum Gasteiger partial charge on any atom is -0.490 e. The quantitative estimate of drug-likeness (QED) is 0.377. The SMILES string of the molecule is CN1C(=C(C#N)C(=O)CCC(=O)Nc2ccccc2OCCn2ccnc2)N(C)c2ccccc21. The van der Waals surface area contributed by atoms with Gasteiger partial charge in [-0.2, -0.15) is 5.26 Å². The van der Waals surface area contributed by atoms with E-state index in [0.29, 0.717) is 30.4 Å². The van der Waals surface area contributed by atoms with Crippen molar-refractivity contribution in [2.24, 2.45) is 0 Å². The van der Waals surface area contributed by atoms with Crippen molar-refractivity contribution in [3.63, 3.8) is 0 Å². The number of benzene rings is 2. The Hall–Kier alpha value is -4.58. The number of nitriles is 1. The van der Waals surface area contributed by atoms with Crippen LogP contribution in [0.25, 0.3) is 0 Å². The molecule has 0 saturated carbocycles. The number of nitrogens with zero attached hydrogens (tertiary/aromatic N) is 5. The number of Topliss-reactive ketones (excluding diaryl/α,β-unsaturated/α-hetero) is 1. The van der Waals surface area contributed by atoms with Crippen LogP contribution >= 0.6 is 0 Å². The predicted molar refractivity (Wildman–Crippen MR) is 133 cm³/mol. The minimum absolute atomic E-state index is 0.0298. The van der Waals surface area contributed by atoms with E-state index in [9.17, 15) is 14.9 Å². The van der Waals surface area contributed by atoms with Crippen LogP contribution in [0.15, 0.2) is 78.6 Å². The molecule has 0 spiro atoms. The van der Waals surface area contributed by atoms with E-state index in [1.54, 1.807) is 30.7 Å². The lowest BCUT2D eigenvalue weighted by Gasteiger charge is -2.20. The molecule has 0 atom stereocenters. The van der Waals surface area contributed by atoms with Crippen molar-refractivity contribution in [3.05, 3.63) is 78.6 Å². The molecule has 178 valence electrons. The number of anilines is 3. The number of allylic oxidation sites excluding steroid dienone is 1. The zero-order valence-corrected chi connectivity index (χ0v) is 19.6. The summed E-state index contributed by atoms with van der Waals surface area (Å²) in [5.74, 6) is 0.339. The zero-order chi connectivity index (χ0) is 24.8. The lowest BCUT2D eigenvalue weighted by Crippen LogP contribution is -2.26. The highest BCUT2D eigenvalue weighted by molar-refractivity contribution is 6.04. The van der Waals surface area contributed by atoms with Gasteiger partial charge in [-0.25, -0.2) is 4.98 Å². The molecule has 1 amide bonds. The fraction of sp³-hybridized carbons (Fsp3) is 0.231. The Balaban J connectivity index is 1.37. The summed E-state index contributed by atoms with van der Waals surface area (Å²) in [5, 5.41) is 12.6. The first-order valence-corrected chi connectivity index (χ1v) is 11.2. The molecule has 1 N–H and O–H groups in total. The van der Waals surface area contributed by atoms with Crippen molar-refractivity contribution in [3.8, 4) is 11.8 Å². The summed E-state index contributed by atoms with van der Waals surface area (Å²) in [6, 6.07) is 16.9. The largest absolute Gasteiger partial charge is 0.490 e. The van der Waals surface area contributed by atoms with Crippen LogP contribution in [0.1, 0.15) is 12.8 Å². The highest BCUT2D eigenvalue weighted by Gasteiger charge is 2.31. The van der Waals surface area contributed by atoms with Crippen LogP contribution in [-0.2, 0) is 16.1 Å². The van der Waals surface area contributed by atoms with Crippen molar-refractivity contribution in [2.75, 3.05) is 35.8 Å². The summed E-state index contributed by atoms with van der Waals surface area (Å²) in [6.45, 7) is 1.03. The minimum atomic E-state index is -0.381. The Morgan fingerprint density at radius 2 is 1.71 bits per heavy atom. The van der Waals surface area contributed by atoms with Crippen LogP contribution in [0.5, 0.6) is 5.75 Å². The van der Waals surface area contributed by atoms with E-state index in [4.69, 9.17) is 4.74 Å². The third-order valence-electron chi connectivity index (χ3n) is 5.76. The molecule has 9 nitrogen and oxygen atoms in total. The summed E-state index contributed by atoms with van der Waals surface area (Å²) in [6.07, 6.45) is 5.11. The molecule has 0 fully saturated rings. The van der Waals surface area contributed by atoms with Crippen molar-refractivity contribution < 1.29 is 14.3 Å². The molecule has 0 bridgehead atoms. The van der Waals surface area contributed by atoms with Gasteiger partial charge >= 0.3 is 0 Å². The van der Waals surface area contributed by atoms with E-state index < -0.39 is 0 Å². The molecular formula is C26H26N6O3. The summed E-state index contributed by atoms with van der Waals surface area (Å²) in [5.41, 5.74) is 2.38. The van der Waals surface area contributed by atoms with Gasteiger partial charge in [0.1, 0.15) is 29.8 Å². The first-order valence-electron chi connectivity index (χ1n) is 11.2. The van der Waals surface area contributed by atoms with Crippen LogP contribution in [0.3, 0.4) is 0 Å². The van der Waals surface area contributed by atoms with Crippen LogP contribution in [0, 0.1) is 11.3 Å². The van der Waals surface area contributed by atoms with Gasteiger partial charge in [0.25, 0.3) is 0 Å². The van der Waals surface area contributed by atoms with Gasteiger partial charge in [0.05, 0.1) is 29.9 Å². The second kappa shape index (κ2) is 10.6. The number of para-hydroxylation sites is 4. The van der Waals surface area contributed by atoms with Crippen LogP contribution in [-0.4, -0.2) is 41.9 Å². The normalized spacial score (nSPS) is 12.2. The number of hydrogen-bond acceptors (Lipinski definition) is 7. The van der Waals surface area contributed by atoms with E-state index in [0.717, 1.165) is 11.4 Å². The lowest BCUT2D eigenvalue weighted by molar-refractivity contribution is -0.120. The Kier molecular flexibility index (Phi) is 7.12. The van der Waals surface area contributed by atoms with Gasteiger partial charge in [0.2, 0.25) is 5.91 Å². The summed E-state index contributed by atoms with van der Waals surface area (Å²) >= 11 is 0. The Morgan fingerprint density at radius 1 is 1.03 bits per heavy atom. The van der Waals surface area contributed by atoms with Crippen molar-refractivity contribution >= 4 is 28.8 Å². The Bertz CT molecular complexity index is 1260. The van der Waals surface area contributed by atoms with Gasteiger partial charge in [0.15, 0.2) is 5.78 Å². The average Bonchev–Trinajstić information content (AvgIpc) is 3.47. The van der Waals surface area contributed by atoms with E-state index in [1.165, 1.54) is 0 Å². The standard InChI is InChI=1S/C26H26N6O3/c1-30-21-8-4-5-9-22(21)31(2)26(30)19(17-27)23(33)11-12-25(34)29-20-7-3-6-10-24(20)35-16-15-32-14-13-28-18-32/h3-10,13-14,18H,11-12,15-16H2,1-2H3,(H,29,34). The number of carbonyl (C=O) groups is 2. The molecule has 1 aromatic heterocycles. The number of rotatable bonds is 9. The topological polar surface area (TPSA) is 103 Å². The third-order valence-corrected chi connectivity index (χ3v) is 5.76. The van der Waals surface area contributed by atoms with Crippen molar-refractivity contribution in [1.82, 2.24) is 9.55 Å². The maximum absolute atomic E-state index is 12.9. The van der Waals surface area contributed by atoms with Crippen LogP contribution < -0.4 is 19.9 Å². The zero-order valence-electron chi connectivity index (χ0n) is 19.6. The number of ketones is 1. The van der Waals surface area contributed by atoms with Gasteiger partial charge in [-0.05, 0) is 24.3 Å². The molecule has 3 aromatic rings. The molecule has 4 rings (SSSR count). The highest BCUT2D eigenvalue weighted by atomic mass is 16.5. The second-order valence-corrected chi connectivity index (χ2v) is 8.03. The number of nitrogens with one attached hydrogen (secondary N) is 1. The smallest absolute Gasteiger partial charge is 0.224 e. The molecular weight excluding hydrogens is 444 g/mol. The Morgan fingerprint density at radius 3 is 2.37 bits per heavy atom. The Labute approximate surface area is 203 Å². The number of ether oxygens (including phenoxy) is 1. The van der Waals surface area contributed by atoms with Crippen molar-refractivity contribution in [2.45, 2.75) is 19.4 Å². The fourth-order valence-electron chi connectivity index (χ4n) is 4.00. The predicted octanol–water partition coefficient (Wildman–Crippen LogP) is 3.57. The number of imidazole rings is 1. The van der Waals surface area contributed by atoms with E-state index in [2.05, 4.69) is 10.3 Å². The van der Waals surface area contributed by atoms with Gasteiger partial charge in [-0.1, -0.05) is 24.3 Å². The van der Waals surface area contributed by atoms with Gasteiger partial charge in [-0.15, -0.1) is 0 Å². The highest BCUT2D eigenvalue weighted by Crippen LogP contribution is 2.40. The van der Waals surface area contributed by atoms with E-state index in [-0.39, 0.29) is 30.1 Å². The number of fused-ring (bicyclic) bond motifs is 1. The van der Waals surface area contributed by atoms with E-state index in [1.807, 2.05) is 71.1 Å². The monoisotopic (exact) mass is 470 g/mol. The molecule has 2 heterocycles.